The first-order chi connectivity index (χ1) is 8.19. The summed E-state index contributed by atoms with van der Waals surface area (Å²) in [5.41, 5.74) is 0.456. The van der Waals surface area contributed by atoms with E-state index in [1.54, 1.807) is 23.1 Å². The van der Waals surface area contributed by atoms with Gasteiger partial charge in [0.1, 0.15) is 10.3 Å². The quantitative estimate of drug-likeness (QED) is 0.598. The molecule has 0 saturated heterocycles. The van der Waals surface area contributed by atoms with Gasteiger partial charge in [0.2, 0.25) is 0 Å². The van der Waals surface area contributed by atoms with Gasteiger partial charge in [0.05, 0.1) is 6.61 Å². The van der Waals surface area contributed by atoms with Crippen LogP contribution in [-0.4, -0.2) is 42.1 Å². The molecule has 1 heterocycles. The molecule has 4 nitrogen and oxygen atoms in total. The van der Waals surface area contributed by atoms with Crippen molar-refractivity contribution < 1.29 is 9.53 Å². The minimum Gasteiger partial charge on any atom is -0.380 e. The zero-order chi connectivity index (χ0) is 12.7. The monoisotopic (exact) mass is 300 g/mol. The fraction of sp³-hybridized carbons (Fsp3) is 0.500. The lowest BCUT2D eigenvalue weighted by Crippen LogP contribution is -2.34. The second-order valence-electron chi connectivity index (χ2n) is 3.43. The van der Waals surface area contributed by atoms with Crippen LogP contribution >= 0.6 is 15.9 Å². The molecule has 0 aliphatic rings. The number of rotatable bonds is 6. The number of likely N-dealkylation sites (N-methyl/N-ethyl adjacent to an activating group) is 1. The Morgan fingerprint density at radius 1 is 1.47 bits per heavy atom. The molecule has 94 valence electrons. The zero-order valence-corrected chi connectivity index (χ0v) is 11.7. The Kier molecular flexibility index (Phi) is 6.15. The number of aromatic nitrogens is 1. The highest BCUT2D eigenvalue weighted by atomic mass is 79.9. The smallest absolute Gasteiger partial charge is 0.272 e. The summed E-state index contributed by atoms with van der Waals surface area (Å²) in [6.07, 6.45) is 0. The second kappa shape index (κ2) is 7.40. The Morgan fingerprint density at radius 2 is 2.24 bits per heavy atom. The first kappa shape index (κ1) is 14.1. The van der Waals surface area contributed by atoms with Crippen molar-refractivity contribution >= 4 is 21.8 Å². The van der Waals surface area contributed by atoms with Crippen molar-refractivity contribution in [2.24, 2.45) is 0 Å². The maximum Gasteiger partial charge on any atom is 0.272 e. The Labute approximate surface area is 110 Å². The van der Waals surface area contributed by atoms with Gasteiger partial charge < -0.3 is 9.64 Å². The van der Waals surface area contributed by atoms with Crippen molar-refractivity contribution in [2.75, 3.05) is 26.3 Å². The molecule has 0 saturated carbocycles. The normalized spacial score (nSPS) is 10.3. The molecule has 1 aromatic rings. The van der Waals surface area contributed by atoms with E-state index in [0.29, 0.717) is 36.6 Å². The fourth-order valence-electron chi connectivity index (χ4n) is 1.41. The average Bonchev–Trinajstić information content (AvgIpc) is 2.34. The predicted molar refractivity (Wildman–Crippen MR) is 70.0 cm³/mol. The molecule has 0 radical (unpaired) electrons. The van der Waals surface area contributed by atoms with Gasteiger partial charge in [-0.15, -0.1) is 0 Å². The Morgan fingerprint density at radius 3 is 2.82 bits per heavy atom. The number of hydrogen-bond donors (Lipinski definition) is 0. The molecule has 1 aromatic heterocycles. The van der Waals surface area contributed by atoms with Crippen LogP contribution in [-0.2, 0) is 4.74 Å². The molecule has 0 unspecified atom stereocenters. The number of hydrogen-bond acceptors (Lipinski definition) is 3. The van der Waals surface area contributed by atoms with E-state index in [0.717, 1.165) is 0 Å². The van der Waals surface area contributed by atoms with Crippen molar-refractivity contribution in [2.45, 2.75) is 13.8 Å². The second-order valence-corrected chi connectivity index (χ2v) is 4.24. The SMILES string of the molecule is CCOCCN(CC)C(=O)c1cccc(Br)n1. The molecule has 1 rings (SSSR count). The van der Waals surface area contributed by atoms with Crippen LogP contribution < -0.4 is 0 Å². The van der Waals surface area contributed by atoms with Gasteiger partial charge in [0.25, 0.3) is 5.91 Å². The molecule has 0 aromatic carbocycles. The van der Waals surface area contributed by atoms with Gasteiger partial charge in [0.15, 0.2) is 0 Å². The van der Waals surface area contributed by atoms with E-state index >= 15 is 0 Å². The molecule has 0 fully saturated rings. The van der Waals surface area contributed by atoms with E-state index in [9.17, 15) is 4.79 Å². The minimum atomic E-state index is -0.0616. The van der Waals surface area contributed by atoms with E-state index < -0.39 is 0 Å². The first-order valence-electron chi connectivity index (χ1n) is 5.68. The third-order valence-corrected chi connectivity index (χ3v) is 2.75. The van der Waals surface area contributed by atoms with Gasteiger partial charge in [0, 0.05) is 19.7 Å². The van der Waals surface area contributed by atoms with Gasteiger partial charge in [-0.25, -0.2) is 4.98 Å². The summed E-state index contributed by atoms with van der Waals surface area (Å²) in [7, 11) is 0. The van der Waals surface area contributed by atoms with Crippen molar-refractivity contribution in [3.63, 3.8) is 0 Å². The summed E-state index contributed by atoms with van der Waals surface area (Å²) >= 11 is 3.26. The highest BCUT2D eigenvalue weighted by molar-refractivity contribution is 9.10. The molecule has 0 spiro atoms. The van der Waals surface area contributed by atoms with E-state index in [2.05, 4.69) is 20.9 Å². The van der Waals surface area contributed by atoms with Crippen molar-refractivity contribution in [1.29, 1.82) is 0 Å². The van der Waals surface area contributed by atoms with E-state index in [1.807, 2.05) is 13.8 Å². The summed E-state index contributed by atoms with van der Waals surface area (Å²) in [5.74, 6) is -0.0616. The highest BCUT2D eigenvalue weighted by Gasteiger charge is 2.15. The van der Waals surface area contributed by atoms with Gasteiger partial charge in [-0.1, -0.05) is 6.07 Å². The molecule has 0 N–H and O–H groups in total. The van der Waals surface area contributed by atoms with Gasteiger partial charge in [-0.2, -0.15) is 0 Å². The Hall–Kier alpha value is -0.940. The number of carbonyl (C=O) groups is 1. The van der Waals surface area contributed by atoms with Gasteiger partial charge >= 0.3 is 0 Å². The van der Waals surface area contributed by atoms with Crippen LogP contribution in [0.4, 0.5) is 0 Å². The minimum absolute atomic E-state index is 0.0616. The Bertz CT molecular complexity index is 371. The molecule has 0 bridgehead atoms. The van der Waals surface area contributed by atoms with Crippen LogP contribution in [0.5, 0.6) is 0 Å². The lowest BCUT2D eigenvalue weighted by atomic mass is 10.3. The maximum absolute atomic E-state index is 12.1. The first-order valence-corrected chi connectivity index (χ1v) is 6.47. The number of ether oxygens (including phenoxy) is 1. The summed E-state index contributed by atoms with van der Waals surface area (Å²) in [6.45, 7) is 6.36. The summed E-state index contributed by atoms with van der Waals surface area (Å²) in [6, 6.07) is 5.32. The fourth-order valence-corrected chi connectivity index (χ4v) is 1.76. The molecule has 17 heavy (non-hydrogen) atoms. The van der Waals surface area contributed by atoms with Crippen LogP contribution in [0.3, 0.4) is 0 Å². The van der Waals surface area contributed by atoms with Gasteiger partial charge in [-0.3, -0.25) is 4.79 Å². The lowest BCUT2D eigenvalue weighted by Gasteiger charge is -2.20. The van der Waals surface area contributed by atoms with E-state index in [1.165, 1.54) is 0 Å². The lowest BCUT2D eigenvalue weighted by molar-refractivity contribution is 0.0663. The molecular formula is C12H17BrN2O2. The van der Waals surface area contributed by atoms with E-state index in [-0.39, 0.29) is 5.91 Å². The van der Waals surface area contributed by atoms with Crippen LogP contribution in [0.25, 0.3) is 0 Å². The van der Waals surface area contributed by atoms with Crippen LogP contribution in [0.2, 0.25) is 0 Å². The standard InChI is InChI=1S/C12H17BrN2O2/c1-3-15(8-9-17-4-2)12(16)10-6-5-7-11(13)14-10/h5-7H,3-4,8-9H2,1-2H3. The topological polar surface area (TPSA) is 42.4 Å². The molecule has 0 atom stereocenters. The van der Waals surface area contributed by atoms with Crippen molar-refractivity contribution in [1.82, 2.24) is 9.88 Å². The number of carbonyl (C=O) groups excluding carboxylic acids is 1. The average molecular weight is 301 g/mol. The molecular weight excluding hydrogens is 284 g/mol. The number of amides is 1. The largest absolute Gasteiger partial charge is 0.380 e. The Balaban J connectivity index is 2.65. The third-order valence-electron chi connectivity index (χ3n) is 2.31. The summed E-state index contributed by atoms with van der Waals surface area (Å²) in [4.78, 5) is 18.0. The van der Waals surface area contributed by atoms with Crippen LogP contribution in [0.15, 0.2) is 22.8 Å². The molecule has 5 heteroatoms. The summed E-state index contributed by atoms with van der Waals surface area (Å²) < 4.78 is 5.92. The van der Waals surface area contributed by atoms with Crippen LogP contribution in [0.1, 0.15) is 24.3 Å². The van der Waals surface area contributed by atoms with Crippen LogP contribution in [0, 0.1) is 0 Å². The van der Waals surface area contributed by atoms with Crippen molar-refractivity contribution in [3.05, 3.63) is 28.5 Å². The van der Waals surface area contributed by atoms with E-state index in [4.69, 9.17) is 4.74 Å². The summed E-state index contributed by atoms with van der Waals surface area (Å²) in [5, 5.41) is 0. The zero-order valence-electron chi connectivity index (χ0n) is 10.1. The number of halogens is 1. The predicted octanol–water partition coefficient (Wildman–Crippen LogP) is 2.34. The van der Waals surface area contributed by atoms with Crippen molar-refractivity contribution in [3.8, 4) is 0 Å². The highest BCUT2D eigenvalue weighted by Crippen LogP contribution is 2.08. The molecule has 0 aliphatic carbocycles. The number of nitrogens with zero attached hydrogens (tertiary/aromatic N) is 2. The third kappa shape index (κ3) is 4.44. The molecule has 1 amide bonds. The molecule has 0 aliphatic heterocycles. The van der Waals surface area contributed by atoms with Gasteiger partial charge in [-0.05, 0) is 41.9 Å². The number of pyridine rings is 1. The maximum atomic E-state index is 12.1.